The molecule has 0 unspecified atom stereocenters. The average molecular weight is 462 g/mol. The van der Waals surface area contributed by atoms with Gasteiger partial charge in [0.1, 0.15) is 11.5 Å². The highest BCUT2D eigenvalue weighted by molar-refractivity contribution is 6.03. The zero-order chi connectivity index (χ0) is 24.4. The number of carbonyl (C=O) groups excluding carboxylic acids is 1. The lowest BCUT2D eigenvalue weighted by Crippen LogP contribution is -2.14. The number of rotatable bonds is 7. The zero-order valence-corrected chi connectivity index (χ0v) is 20.1. The standard InChI is InChI=1S/C25H27N5O4/c1-14-10-15(2)12-18(11-14)26-24(31)22-16(3)30(29-28-22)13-20-17(4)34-25(27-20)19-8-7-9-21(32-5)23(19)33-6/h7-12H,13H2,1-6H3,(H,26,31). The van der Waals surface area contributed by atoms with Gasteiger partial charge >= 0.3 is 0 Å². The predicted molar refractivity (Wildman–Crippen MR) is 128 cm³/mol. The normalized spacial score (nSPS) is 10.9. The van der Waals surface area contributed by atoms with Crippen LogP contribution in [0.25, 0.3) is 11.5 Å². The Bertz CT molecular complexity index is 1340. The van der Waals surface area contributed by atoms with Crippen molar-refractivity contribution in [3.05, 3.63) is 70.4 Å². The lowest BCUT2D eigenvalue weighted by Gasteiger charge is -2.10. The summed E-state index contributed by atoms with van der Waals surface area (Å²) >= 11 is 0. The highest BCUT2D eigenvalue weighted by Gasteiger charge is 2.21. The van der Waals surface area contributed by atoms with Crippen LogP contribution in [0.3, 0.4) is 0 Å². The Morgan fingerprint density at radius 1 is 1.06 bits per heavy atom. The summed E-state index contributed by atoms with van der Waals surface area (Å²) in [7, 11) is 3.15. The molecule has 0 fully saturated rings. The Hall–Kier alpha value is -4.14. The molecule has 2 aromatic heterocycles. The van der Waals surface area contributed by atoms with Gasteiger partial charge in [0.15, 0.2) is 17.2 Å². The van der Waals surface area contributed by atoms with E-state index in [1.807, 2.05) is 57.2 Å². The minimum atomic E-state index is -0.313. The third-order valence-corrected chi connectivity index (χ3v) is 5.50. The van der Waals surface area contributed by atoms with Gasteiger partial charge in [0, 0.05) is 5.69 Å². The fraction of sp³-hybridized carbons (Fsp3) is 0.280. The number of hydrogen-bond acceptors (Lipinski definition) is 7. The van der Waals surface area contributed by atoms with E-state index in [9.17, 15) is 4.79 Å². The second kappa shape index (κ2) is 9.38. The molecule has 0 atom stereocenters. The molecule has 34 heavy (non-hydrogen) atoms. The number of carbonyl (C=O) groups is 1. The van der Waals surface area contributed by atoms with Gasteiger partial charge < -0.3 is 19.2 Å². The van der Waals surface area contributed by atoms with Crippen LogP contribution in [0.15, 0.2) is 40.8 Å². The third-order valence-electron chi connectivity index (χ3n) is 5.50. The number of aryl methyl sites for hydroxylation is 3. The van der Waals surface area contributed by atoms with E-state index in [0.717, 1.165) is 16.8 Å². The largest absolute Gasteiger partial charge is 0.493 e. The molecule has 0 aliphatic heterocycles. The minimum absolute atomic E-state index is 0.259. The predicted octanol–water partition coefficient (Wildman–Crippen LogP) is 4.48. The number of anilines is 1. The van der Waals surface area contributed by atoms with E-state index in [1.165, 1.54) is 0 Å². The van der Waals surface area contributed by atoms with Gasteiger partial charge in [-0.05, 0) is 63.1 Å². The van der Waals surface area contributed by atoms with Crippen LogP contribution in [0, 0.1) is 27.7 Å². The zero-order valence-electron chi connectivity index (χ0n) is 20.1. The number of oxazole rings is 1. The van der Waals surface area contributed by atoms with E-state index < -0.39 is 0 Å². The van der Waals surface area contributed by atoms with Gasteiger partial charge in [0.05, 0.1) is 32.0 Å². The molecule has 0 saturated heterocycles. The Labute approximate surface area is 197 Å². The maximum atomic E-state index is 12.8. The van der Waals surface area contributed by atoms with Crippen LogP contribution in [0.5, 0.6) is 11.5 Å². The van der Waals surface area contributed by atoms with Gasteiger partial charge in [0.2, 0.25) is 5.89 Å². The van der Waals surface area contributed by atoms with E-state index in [2.05, 4.69) is 20.6 Å². The molecule has 1 amide bonds. The van der Waals surface area contributed by atoms with Crippen molar-refractivity contribution in [1.82, 2.24) is 20.0 Å². The Morgan fingerprint density at radius 2 is 1.79 bits per heavy atom. The fourth-order valence-corrected chi connectivity index (χ4v) is 3.84. The first-order valence-corrected chi connectivity index (χ1v) is 10.8. The van der Waals surface area contributed by atoms with Crippen molar-refractivity contribution in [3.8, 4) is 23.0 Å². The first-order chi connectivity index (χ1) is 16.3. The van der Waals surface area contributed by atoms with Crippen molar-refractivity contribution < 1.29 is 18.7 Å². The Morgan fingerprint density at radius 3 is 2.47 bits per heavy atom. The molecule has 2 heterocycles. The van der Waals surface area contributed by atoms with Crippen molar-refractivity contribution in [2.75, 3.05) is 19.5 Å². The second-order valence-corrected chi connectivity index (χ2v) is 8.07. The molecule has 176 valence electrons. The summed E-state index contributed by atoms with van der Waals surface area (Å²) in [4.78, 5) is 17.5. The maximum Gasteiger partial charge on any atom is 0.278 e. The SMILES string of the molecule is COc1cccc(-c2nc(Cn3nnc(C(=O)Nc4cc(C)cc(C)c4)c3C)c(C)o2)c1OC. The number of nitrogens with one attached hydrogen (secondary N) is 1. The molecule has 4 rings (SSSR count). The minimum Gasteiger partial charge on any atom is -0.493 e. The number of benzene rings is 2. The van der Waals surface area contributed by atoms with Crippen molar-refractivity contribution in [2.24, 2.45) is 0 Å². The first-order valence-electron chi connectivity index (χ1n) is 10.8. The van der Waals surface area contributed by atoms with Gasteiger partial charge in [-0.15, -0.1) is 5.10 Å². The summed E-state index contributed by atoms with van der Waals surface area (Å²) in [6.45, 7) is 7.91. The summed E-state index contributed by atoms with van der Waals surface area (Å²) < 4.78 is 18.4. The van der Waals surface area contributed by atoms with E-state index >= 15 is 0 Å². The molecule has 1 N–H and O–H groups in total. The number of ether oxygens (including phenoxy) is 2. The fourth-order valence-electron chi connectivity index (χ4n) is 3.84. The molecule has 2 aromatic carbocycles. The number of hydrogen-bond donors (Lipinski definition) is 1. The van der Waals surface area contributed by atoms with Crippen LogP contribution in [0.2, 0.25) is 0 Å². The van der Waals surface area contributed by atoms with Crippen LogP contribution >= 0.6 is 0 Å². The maximum absolute atomic E-state index is 12.8. The van der Waals surface area contributed by atoms with Crippen LogP contribution in [-0.4, -0.2) is 40.1 Å². The van der Waals surface area contributed by atoms with Crippen LogP contribution < -0.4 is 14.8 Å². The summed E-state index contributed by atoms with van der Waals surface area (Å²) in [5.74, 6) is 1.86. The van der Waals surface area contributed by atoms with Gasteiger partial charge in [-0.3, -0.25) is 4.79 Å². The third kappa shape index (κ3) is 4.50. The molecular formula is C25H27N5O4. The number of methoxy groups -OCH3 is 2. The molecule has 0 radical (unpaired) electrons. The average Bonchev–Trinajstić information content (AvgIpc) is 3.35. The van der Waals surface area contributed by atoms with Crippen molar-refractivity contribution >= 4 is 11.6 Å². The second-order valence-electron chi connectivity index (χ2n) is 8.07. The monoisotopic (exact) mass is 461 g/mol. The van der Waals surface area contributed by atoms with Gasteiger partial charge in [-0.2, -0.15) is 0 Å². The van der Waals surface area contributed by atoms with Crippen LogP contribution in [0.4, 0.5) is 5.69 Å². The number of aromatic nitrogens is 4. The number of para-hydroxylation sites is 1. The molecule has 0 aliphatic carbocycles. The van der Waals surface area contributed by atoms with Crippen molar-refractivity contribution in [3.63, 3.8) is 0 Å². The smallest absolute Gasteiger partial charge is 0.278 e. The molecule has 9 nitrogen and oxygen atoms in total. The summed E-state index contributed by atoms with van der Waals surface area (Å²) in [5.41, 5.74) is 5.11. The number of nitrogens with zero attached hydrogens (tertiary/aromatic N) is 4. The van der Waals surface area contributed by atoms with Crippen LogP contribution in [-0.2, 0) is 6.54 Å². The molecular weight excluding hydrogens is 434 g/mol. The van der Waals surface area contributed by atoms with Crippen LogP contribution in [0.1, 0.15) is 38.8 Å². The quantitative estimate of drug-likeness (QED) is 0.432. The summed E-state index contributed by atoms with van der Waals surface area (Å²) in [5, 5.41) is 11.2. The van der Waals surface area contributed by atoms with Gasteiger partial charge in [-0.1, -0.05) is 17.3 Å². The molecule has 0 spiro atoms. The highest BCUT2D eigenvalue weighted by atomic mass is 16.5. The summed E-state index contributed by atoms with van der Waals surface area (Å²) in [6, 6.07) is 11.4. The first kappa shape index (κ1) is 23.0. The van der Waals surface area contributed by atoms with Crippen molar-refractivity contribution in [1.29, 1.82) is 0 Å². The molecule has 4 aromatic rings. The topological polar surface area (TPSA) is 104 Å². The van der Waals surface area contributed by atoms with E-state index in [-0.39, 0.29) is 11.6 Å². The molecule has 0 aliphatic rings. The number of amides is 1. The highest BCUT2D eigenvalue weighted by Crippen LogP contribution is 2.38. The van der Waals surface area contributed by atoms with Crippen molar-refractivity contribution in [2.45, 2.75) is 34.2 Å². The van der Waals surface area contributed by atoms with Gasteiger partial charge in [-0.25, -0.2) is 9.67 Å². The molecule has 9 heteroatoms. The lowest BCUT2D eigenvalue weighted by atomic mass is 10.1. The Kier molecular flexibility index (Phi) is 6.36. The molecule has 0 saturated carbocycles. The lowest BCUT2D eigenvalue weighted by molar-refractivity contribution is 0.102. The van der Waals surface area contributed by atoms with Gasteiger partial charge in [0.25, 0.3) is 5.91 Å². The Balaban J connectivity index is 1.57. The molecule has 0 bridgehead atoms. The van der Waals surface area contributed by atoms with E-state index in [0.29, 0.717) is 46.6 Å². The van der Waals surface area contributed by atoms with E-state index in [1.54, 1.807) is 25.8 Å². The summed E-state index contributed by atoms with van der Waals surface area (Å²) in [6.07, 6.45) is 0. The van der Waals surface area contributed by atoms with E-state index in [4.69, 9.17) is 13.9 Å².